The highest BCUT2D eigenvalue weighted by molar-refractivity contribution is 5.93. The maximum atomic E-state index is 11.6. The van der Waals surface area contributed by atoms with Crippen LogP contribution < -0.4 is 5.32 Å². The van der Waals surface area contributed by atoms with Crippen molar-refractivity contribution in [2.24, 2.45) is 13.0 Å². The minimum absolute atomic E-state index is 0.275. The predicted octanol–water partition coefficient (Wildman–Crippen LogP) is 1.22. The lowest BCUT2D eigenvalue weighted by atomic mass is 10.1. The average molecular weight is 206 g/mol. The lowest BCUT2D eigenvalue weighted by Gasteiger charge is -2.07. The van der Waals surface area contributed by atoms with Crippen molar-refractivity contribution < 1.29 is 4.79 Å². The summed E-state index contributed by atoms with van der Waals surface area (Å²) in [7, 11) is 1.75. The van der Waals surface area contributed by atoms with E-state index in [9.17, 15) is 4.79 Å². The summed E-state index contributed by atoms with van der Waals surface area (Å²) in [6.07, 6.45) is 0.513. The Hall–Kier alpha value is -1.83. The number of amides is 1. The van der Waals surface area contributed by atoms with E-state index in [0.29, 0.717) is 12.2 Å². The molecule has 5 heteroatoms. The van der Waals surface area contributed by atoms with Gasteiger partial charge in [-0.1, -0.05) is 6.92 Å². The van der Waals surface area contributed by atoms with Crippen molar-refractivity contribution in [1.29, 1.82) is 5.26 Å². The summed E-state index contributed by atoms with van der Waals surface area (Å²) >= 11 is 0. The minimum atomic E-state index is -0.597. The van der Waals surface area contributed by atoms with E-state index in [1.54, 1.807) is 17.8 Å². The number of aryl methyl sites for hydroxylation is 2. The quantitative estimate of drug-likeness (QED) is 0.808. The van der Waals surface area contributed by atoms with Crippen molar-refractivity contribution in [1.82, 2.24) is 9.78 Å². The number of nitrogens with zero attached hydrogens (tertiary/aromatic N) is 3. The summed E-state index contributed by atoms with van der Waals surface area (Å²) < 4.78 is 1.58. The van der Waals surface area contributed by atoms with E-state index in [1.165, 1.54) is 0 Å². The van der Waals surface area contributed by atoms with Gasteiger partial charge in [-0.15, -0.1) is 0 Å². The van der Waals surface area contributed by atoms with E-state index < -0.39 is 5.92 Å². The van der Waals surface area contributed by atoms with Crippen LogP contribution in [0.4, 0.5) is 5.82 Å². The molecule has 0 aliphatic rings. The topological polar surface area (TPSA) is 70.7 Å². The fourth-order valence-electron chi connectivity index (χ4n) is 1.28. The molecule has 0 bridgehead atoms. The van der Waals surface area contributed by atoms with Crippen LogP contribution in [0, 0.1) is 24.2 Å². The van der Waals surface area contributed by atoms with Gasteiger partial charge in [0, 0.05) is 13.1 Å². The summed E-state index contributed by atoms with van der Waals surface area (Å²) in [4.78, 5) is 11.6. The summed E-state index contributed by atoms with van der Waals surface area (Å²) in [5.41, 5.74) is 0.831. The number of hydrogen-bond acceptors (Lipinski definition) is 3. The maximum Gasteiger partial charge on any atom is 0.242 e. The van der Waals surface area contributed by atoms with Gasteiger partial charge in [0.15, 0.2) is 0 Å². The van der Waals surface area contributed by atoms with Crippen molar-refractivity contribution in [2.45, 2.75) is 20.3 Å². The molecule has 1 aromatic rings. The Bertz CT molecular complexity index is 402. The van der Waals surface area contributed by atoms with E-state index in [2.05, 4.69) is 10.4 Å². The Morgan fingerprint density at radius 3 is 2.87 bits per heavy atom. The molecule has 0 spiro atoms. The number of nitrogens with one attached hydrogen (secondary N) is 1. The summed E-state index contributed by atoms with van der Waals surface area (Å²) in [6, 6.07) is 3.72. The van der Waals surface area contributed by atoms with Gasteiger partial charge in [0.2, 0.25) is 5.91 Å². The SMILES string of the molecule is CCC(C#N)C(=O)Nc1cc(C)nn1C. The molecule has 15 heavy (non-hydrogen) atoms. The van der Waals surface area contributed by atoms with Crippen LogP contribution in [-0.4, -0.2) is 15.7 Å². The van der Waals surface area contributed by atoms with Crippen LogP contribution in [0.5, 0.6) is 0 Å². The number of nitriles is 1. The molecule has 1 amide bonds. The first-order valence-corrected chi connectivity index (χ1v) is 4.79. The first-order valence-electron chi connectivity index (χ1n) is 4.79. The van der Waals surface area contributed by atoms with Crippen molar-refractivity contribution in [3.8, 4) is 6.07 Å². The fraction of sp³-hybridized carbons (Fsp3) is 0.500. The highest BCUT2D eigenvalue weighted by Gasteiger charge is 2.16. The van der Waals surface area contributed by atoms with E-state index in [1.807, 2.05) is 19.9 Å². The third kappa shape index (κ3) is 2.56. The van der Waals surface area contributed by atoms with Gasteiger partial charge in [0.1, 0.15) is 11.7 Å². The van der Waals surface area contributed by atoms with E-state index in [0.717, 1.165) is 5.69 Å². The van der Waals surface area contributed by atoms with Gasteiger partial charge in [-0.2, -0.15) is 10.4 Å². The minimum Gasteiger partial charge on any atom is -0.310 e. The molecule has 0 fully saturated rings. The molecule has 80 valence electrons. The smallest absolute Gasteiger partial charge is 0.242 e. The highest BCUT2D eigenvalue weighted by Crippen LogP contribution is 2.10. The normalized spacial score (nSPS) is 11.9. The molecule has 0 saturated heterocycles. The Morgan fingerprint density at radius 1 is 1.80 bits per heavy atom. The van der Waals surface area contributed by atoms with Gasteiger partial charge >= 0.3 is 0 Å². The van der Waals surface area contributed by atoms with Crippen LogP contribution in [0.15, 0.2) is 6.07 Å². The van der Waals surface area contributed by atoms with Gasteiger partial charge in [-0.25, -0.2) is 0 Å². The molecule has 1 N–H and O–H groups in total. The monoisotopic (exact) mass is 206 g/mol. The van der Waals surface area contributed by atoms with Gasteiger partial charge in [-0.05, 0) is 13.3 Å². The Kier molecular flexibility index (Phi) is 3.45. The zero-order chi connectivity index (χ0) is 11.4. The van der Waals surface area contributed by atoms with Crippen LogP contribution in [0.2, 0.25) is 0 Å². The van der Waals surface area contributed by atoms with Gasteiger partial charge in [0.05, 0.1) is 11.8 Å². The standard InChI is InChI=1S/C10H14N4O/c1-4-8(6-11)10(15)12-9-5-7(2)13-14(9)3/h5,8H,4H2,1-3H3,(H,12,15). The zero-order valence-corrected chi connectivity index (χ0v) is 9.11. The fourth-order valence-corrected chi connectivity index (χ4v) is 1.28. The Balaban J connectivity index is 2.75. The van der Waals surface area contributed by atoms with Gasteiger partial charge < -0.3 is 5.32 Å². The molecular formula is C10H14N4O. The lowest BCUT2D eigenvalue weighted by Crippen LogP contribution is -2.22. The molecule has 0 radical (unpaired) electrons. The number of aromatic nitrogens is 2. The van der Waals surface area contributed by atoms with Crippen LogP contribution in [0.3, 0.4) is 0 Å². The van der Waals surface area contributed by atoms with E-state index in [-0.39, 0.29) is 5.91 Å². The summed E-state index contributed by atoms with van der Waals surface area (Å²) in [6.45, 7) is 3.65. The largest absolute Gasteiger partial charge is 0.310 e. The van der Waals surface area contributed by atoms with Crippen molar-refractivity contribution in [3.63, 3.8) is 0 Å². The maximum absolute atomic E-state index is 11.6. The molecule has 1 aromatic heterocycles. The first-order chi connectivity index (χ1) is 7.08. The van der Waals surface area contributed by atoms with Crippen molar-refractivity contribution in [3.05, 3.63) is 11.8 Å². The molecule has 1 unspecified atom stereocenters. The Morgan fingerprint density at radius 2 is 2.47 bits per heavy atom. The number of rotatable bonds is 3. The van der Waals surface area contributed by atoms with Gasteiger partial charge in [0.25, 0.3) is 0 Å². The van der Waals surface area contributed by atoms with Gasteiger partial charge in [-0.3, -0.25) is 9.48 Å². The molecule has 5 nitrogen and oxygen atoms in total. The third-order valence-corrected chi connectivity index (χ3v) is 2.13. The lowest BCUT2D eigenvalue weighted by molar-refractivity contribution is -0.118. The van der Waals surface area contributed by atoms with Crippen LogP contribution >= 0.6 is 0 Å². The predicted molar refractivity (Wildman–Crippen MR) is 56.0 cm³/mol. The second-order valence-electron chi connectivity index (χ2n) is 3.37. The molecule has 1 rings (SSSR count). The number of carbonyl (C=O) groups excluding carboxylic acids is 1. The molecular weight excluding hydrogens is 192 g/mol. The number of hydrogen-bond donors (Lipinski definition) is 1. The van der Waals surface area contributed by atoms with Crippen molar-refractivity contribution >= 4 is 11.7 Å². The molecule has 1 heterocycles. The van der Waals surface area contributed by atoms with E-state index >= 15 is 0 Å². The highest BCUT2D eigenvalue weighted by atomic mass is 16.2. The van der Waals surface area contributed by atoms with E-state index in [4.69, 9.17) is 5.26 Å². The summed E-state index contributed by atoms with van der Waals surface area (Å²) in [5, 5.41) is 15.5. The molecule has 0 aliphatic heterocycles. The molecule has 0 aliphatic carbocycles. The van der Waals surface area contributed by atoms with Crippen LogP contribution in [0.1, 0.15) is 19.0 Å². The van der Waals surface area contributed by atoms with Crippen LogP contribution in [0.25, 0.3) is 0 Å². The second kappa shape index (κ2) is 4.60. The summed E-state index contributed by atoms with van der Waals surface area (Å²) in [5.74, 6) is -0.255. The van der Waals surface area contributed by atoms with Crippen molar-refractivity contribution in [2.75, 3.05) is 5.32 Å². The molecule has 0 aromatic carbocycles. The molecule has 1 atom stereocenters. The van der Waals surface area contributed by atoms with Crippen LogP contribution in [-0.2, 0) is 11.8 Å². The molecule has 0 saturated carbocycles. The average Bonchev–Trinajstić information content (AvgIpc) is 2.47. The third-order valence-electron chi connectivity index (χ3n) is 2.13. The zero-order valence-electron chi connectivity index (χ0n) is 9.11. The number of anilines is 1. The second-order valence-corrected chi connectivity index (χ2v) is 3.37. The first kappa shape index (κ1) is 11.2. The Labute approximate surface area is 88.7 Å². The number of carbonyl (C=O) groups is 1.